The zero-order chi connectivity index (χ0) is 15.8. The number of hydrogen-bond acceptors (Lipinski definition) is 4. The molecule has 0 heterocycles. The molecule has 1 aromatic carbocycles. The lowest BCUT2D eigenvalue weighted by atomic mass is 9.87. The minimum Gasteiger partial charge on any atom is -0.478 e. The molecule has 114 valence electrons. The molecule has 0 bridgehead atoms. The Hall–Kier alpha value is -1.82. The predicted octanol–water partition coefficient (Wildman–Crippen LogP) is 3.94. The minimum absolute atomic E-state index is 0.0286. The van der Waals surface area contributed by atoms with Crippen LogP contribution in [0.2, 0.25) is 5.02 Å². The zero-order valence-electron chi connectivity index (χ0n) is 11.9. The number of carboxylic acids is 1. The van der Waals surface area contributed by atoms with Gasteiger partial charge in [0.05, 0.1) is 21.2 Å². The van der Waals surface area contributed by atoms with Crippen molar-refractivity contribution in [2.45, 2.75) is 39.2 Å². The van der Waals surface area contributed by atoms with Gasteiger partial charge in [-0.05, 0) is 18.3 Å². The van der Waals surface area contributed by atoms with E-state index in [1.807, 2.05) is 0 Å². The van der Waals surface area contributed by atoms with E-state index in [2.05, 4.69) is 19.2 Å². The summed E-state index contributed by atoms with van der Waals surface area (Å²) in [5.74, 6) is -1.24. The second-order valence-electron chi connectivity index (χ2n) is 5.99. The third-order valence-electron chi connectivity index (χ3n) is 4.09. The van der Waals surface area contributed by atoms with Crippen molar-refractivity contribution in [3.8, 4) is 0 Å². The first kappa shape index (κ1) is 15.6. The van der Waals surface area contributed by atoms with Crippen LogP contribution in [-0.4, -0.2) is 22.0 Å². The number of anilines is 1. The van der Waals surface area contributed by atoms with E-state index in [0.29, 0.717) is 0 Å². The van der Waals surface area contributed by atoms with E-state index in [1.165, 1.54) is 6.07 Å². The lowest BCUT2D eigenvalue weighted by Gasteiger charge is -2.29. The molecule has 1 fully saturated rings. The molecule has 1 unspecified atom stereocenters. The molecule has 21 heavy (non-hydrogen) atoms. The number of nitro benzene ring substituents is 1. The van der Waals surface area contributed by atoms with Crippen LogP contribution in [0.25, 0.3) is 0 Å². The first-order valence-corrected chi connectivity index (χ1v) is 7.08. The lowest BCUT2D eigenvalue weighted by Crippen LogP contribution is -2.31. The number of rotatable bonds is 4. The summed E-state index contributed by atoms with van der Waals surface area (Å²) < 4.78 is 0. The number of carbonyl (C=O) groups is 1. The molecule has 1 aliphatic carbocycles. The van der Waals surface area contributed by atoms with Crippen LogP contribution in [0.1, 0.15) is 43.5 Å². The maximum Gasteiger partial charge on any atom is 0.338 e. The third-order valence-corrected chi connectivity index (χ3v) is 4.39. The van der Waals surface area contributed by atoms with Gasteiger partial charge >= 0.3 is 5.97 Å². The molecule has 0 radical (unpaired) electrons. The highest BCUT2D eigenvalue weighted by Crippen LogP contribution is 2.41. The Balaban J connectivity index is 2.43. The van der Waals surface area contributed by atoms with Crippen LogP contribution in [0.3, 0.4) is 0 Å². The molecule has 0 spiro atoms. The van der Waals surface area contributed by atoms with Crippen LogP contribution in [0.4, 0.5) is 11.4 Å². The van der Waals surface area contributed by atoms with Gasteiger partial charge < -0.3 is 10.4 Å². The normalized spacial score (nSPS) is 20.2. The molecule has 6 nitrogen and oxygen atoms in total. The molecule has 1 saturated carbocycles. The van der Waals surface area contributed by atoms with Crippen LogP contribution >= 0.6 is 11.6 Å². The first-order valence-electron chi connectivity index (χ1n) is 6.70. The fourth-order valence-corrected chi connectivity index (χ4v) is 3.05. The molecule has 1 aromatic rings. The summed E-state index contributed by atoms with van der Waals surface area (Å²) in [7, 11) is 0. The largest absolute Gasteiger partial charge is 0.478 e. The molecule has 0 aromatic heterocycles. The number of nitrogens with one attached hydrogen (secondary N) is 1. The Bertz CT molecular complexity index is 601. The number of non-ortho nitro benzene ring substituents is 1. The molecule has 1 atom stereocenters. The van der Waals surface area contributed by atoms with Crippen molar-refractivity contribution >= 4 is 28.9 Å². The first-order chi connectivity index (χ1) is 9.72. The standard InChI is InChI=1S/C14H17ClN2O4/c1-14(2)5-3-4-11(14)16-12-9(13(18)19)6-8(17(20)21)7-10(12)15/h6-7,11,16H,3-5H2,1-2H3,(H,18,19). The molecule has 0 amide bonds. The van der Waals surface area contributed by atoms with Gasteiger partial charge in [-0.2, -0.15) is 0 Å². The molecule has 7 heteroatoms. The van der Waals surface area contributed by atoms with Crippen LogP contribution < -0.4 is 5.32 Å². The van der Waals surface area contributed by atoms with E-state index in [1.54, 1.807) is 0 Å². The van der Waals surface area contributed by atoms with E-state index < -0.39 is 10.9 Å². The Morgan fingerprint density at radius 1 is 1.52 bits per heavy atom. The number of benzene rings is 1. The Morgan fingerprint density at radius 2 is 2.19 bits per heavy atom. The van der Waals surface area contributed by atoms with Gasteiger partial charge in [0.25, 0.3) is 5.69 Å². The van der Waals surface area contributed by atoms with E-state index in [9.17, 15) is 20.0 Å². The van der Waals surface area contributed by atoms with Crippen molar-refractivity contribution in [2.75, 3.05) is 5.32 Å². The monoisotopic (exact) mass is 312 g/mol. The van der Waals surface area contributed by atoms with Gasteiger partial charge in [-0.25, -0.2) is 4.79 Å². The molecule has 0 saturated heterocycles. The van der Waals surface area contributed by atoms with Crippen molar-refractivity contribution in [1.29, 1.82) is 0 Å². The average Bonchev–Trinajstić information content (AvgIpc) is 2.70. The Kier molecular flexibility index (Phi) is 4.09. The van der Waals surface area contributed by atoms with Crippen LogP contribution in [-0.2, 0) is 0 Å². The predicted molar refractivity (Wildman–Crippen MR) is 80.1 cm³/mol. The lowest BCUT2D eigenvalue weighted by molar-refractivity contribution is -0.384. The highest BCUT2D eigenvalue weighted by Gasteiger charge is 2.35. The summed E-state index contributed by atoms with van der Waals surface area (Å²) >= 11 is 6.06. The second-order valence-corrected chi connectivity index (χ2v) is 6.40. The van der Waals surface area contributed by atoms with E-state index in [4.69, 9.17) is 11.6 Å². The highest BCUT2D eigenvalue weighted by atomic mass is 35.5. The number of halogens is 1. The van der Waals surface area contributed by atoms with E-state index in [0.717, 1.165) is 25.3 Å². The quantitative estimate of drug-likeness (QED) is 0.649. The fourth-order valence-electron chi connectivity index (χ4n) is 2.78. The summed E-state index contributed by atoms with van der Waals surface area (Å²) in [6.07, 6.45) is 3.01. The Labute approximate surface area is 127 Å². The number of aromatic carboxylic acids is 1. The van der Waals surface area contributed by atoms with Crippen molar-refractivity contribution in [1.82, 2.24) is 0 Å². The van der Waals surface area contributed by atoms with Gasteiger partial charge in [-0.3, -0.25) is 10.1 Å². The topological polar surface area (TPSA) is 92.5 Å². The number of nitro groups is 1. The zero-order valence-corrected chi connectivity index (χ0v) is 12.6. The van der Waals surface area contributed by atoms with Gasteiger partial charge in [0, 0.05) is 18.2 Å². The van der Waals surface area contributed by atoms with Gasteiger partial charge in [-0.1, -0.05) is 31.9 Å². The van der Waals surface area contributed by atoms with Gasteiger partial charge in [0.2, 0.25) is 0 Å². The van der Waals surface area contributed by atoms with Gasteiger partial charge in [0.1, 0.15) is 0 Å². The maximum atomic E-state index is 11.4. The van der Waals surface area contributed by atoms with Crippen LogP contribution in [0.15, 0.2) is 12.1 Å². The number of hydrogen-bond donors (Lipinski definition) is 2. The second kappa shape index (κ2) is 5.52. The van der Waals surface area contributed by atoms with E-state index >= 15 is 0 Å². The minimum atomic E-state index is -1.24. The molecular weight excluding hydrogens is 296 g/mol. The smallest absolute Gasteiger partial charge is 0.338 e. The molecule has 0 aliphatic heterocycles. The molecule has 2 rings (SSSR count). The van der Waals surface area contributed by atoms with Crippen molar-refractivity contribution in [3.05, 3.63) is 32.8 Å². The third kappa shape index (κ3) is 3.10. The number of nitrogens with zero attached hydrogens (tertiary/aromatic N) is 1. The summed E-state index contributed by atoms with van der Waals surface area (Å²) in [5, 5.41) is 23.3. The average molecular weight is 313 g/mol. The molecule has 1 aliphatic rings. The van der Waals surface area contributed by atoms with E-state index in [-0.39, 0.29) is 33.4 Å². The Morgan fingerprint density at radius 3 is 2.67 bits per heavy atom. The van der Waals surface area contributed by atoms with Crippen LogP contribution in [0, 0.1) is 15.5 Å². The summed E-state index contributed by atoms with van der Waals surface area (Å²) in [6.45, 7) is 4.22. The summed E-state index contributed by atoms with van der Waals surface area (Å²) in [5.41, 5.74) is -0.207. The molecular formula is C14H17ClN2O4. The van der Waals surface area contributed by atoms with Crippen molar-refractivity contribution < 1.29 is 14.8 Å². The summed E-state index contributed by atoms with van der Waals surface area (Å²) in [4.78, 5) is 21.5. The molecule has 2 N–H and O–H groups in total. The maximum absolute atomic E-state index is 11.4. The fraction of sp³-hybridized carbons (Fsp3) is 0.500. The highest BCUT2D eigenvalue weighted by molar-refractivity contribution is 6.34. The SMILES string of the molecule is CC1(C)CCCC1Nc1c(Cl)cc([N+](=O)[O-])cc1C(=O)O. The van der Waals surface area contributed by atoms with Crippen molar-refractivity contribution in [2.24, 2.45) is 5.41 Å². The van der Waals surface area contributed by atoms with Gasteiger partial charge in [-0.15, -0.1) is 0 Å². The van der Waals surface area contributed by atoms with Gasteiger partial charge in [0.15, 0.2) is 0 Å². The number of carboxylic acid groups (broad SMARTS) is 1. The summed E-state index contributed by atoms with van der Waals surface area (Å²) in [6, 6.07) is 2.31. The van der Waals surface area contributed by atoms with Crippen molar-refractivity contribution in [3.63, 3.8) is 0 Å². The van der Waals surface area contributed by atoms with Crippen LogP contribution in [0.5, 0.6) is 0 Å².